The van der Waals surface area contributed by atoms with Crippen molar-refractivity contribution in [1.82, 2.24) is 0 Å². The molecule has 0 heterocycles. The van der Waals surface area contributed by atoms with Crippen molar-refractivity contribution in [2.75, 3.05) is 0 Å². The van der Waals surface area contributed by atoms with Crippen LogP contribution < -0.4 is 0 Å². The molecule has 0 saturated heterocycles. The molecule has 1 aromatic carbocycles. The van der Waals surface area contributed by atoms with Gasteiger partial charge in [0, 0.05) is 0 Å². The van der Waals surface area contributed by atoms with E-state index in [-0.39, 0.29) is 41.6 Å². The van der Waals surface area contributed by atoms with Gasteiger partial charge >= 0.3 is 6.18 Å². The lowest BCUT2D eigenvalue weighted by Gasteiger charge is -2.62. The average Bonchev–Trinajstić information content (AvgIpc) is 3.21. The van der Waals surface area contributed by atoms with Crippen LogP contribution in [0.3, 0.4) is 0 Å². The summed E-state index contributed by atoms with van der Waals surface area (Å²) in [5, 5.41) is 21.8. The number of alkyl halides is 3. The third kappa shape index (κ3) is 4.48. The zero-order chi connectivity index (χ0) is 26.8. The van der Waals surface area contributed by atoms with Crippen LogP contribution in [0.2, 0.25) is 0 Å². The molecule has 0 aliphatic heterocycles. The highest BCUT2D eigenvalue weighted by molar-refractivity contribution is 5.19. The third-order valence-electron chi connectivity index (χ3n) is 12.5. The standard InChI is InChI=1S/C32H47F3O2/c1-20(22-8-6-5-7-9-22)18-28(36)21(2)25-12-13-26-24-11-10-23-19-31(37,32(33,34)35)17-16-29(23,3)27(24)14-15-30(25,26)4/h5-9,20-21,23-28,36-37H,10-19H2,1-4H3/t20-,21+,23+,24+,25-,26+,27+,28+,29+,30-,31+/m1/s1. The van der Waals surface area contributed by atoms with Gasteiger partial charge in [-0.15, -0.1) is 0 Å². The van der Waals surface area contributed by atoms with Crippen LogP contribution >= 0.6 is 0 Å². The zero-order valence-corrected chi connectivity index (χ0v) is 23.1. The molecule has 0 amide bonds. The Morgan fingerprint density at radius 3 is 2.24 bits per heavy atom. The van der Waals surface area contributed by atoms with Crippen molar-refractivity contribution in [3.63, 3.8) is 0 Å². The predicted octanol–water partition coefficient (Wildman–Crippen LogP) is 8.13. The van der Waals surface area contributed by atoms with E-state index in [4.69, 9.17) is 0 Å². The molecule has 11 atom stereocenters. The molecule has 0 aromatic heterocycles. The lowest BCUT2D eigenvalue weighted by Crippen LogP contribution is -2.59. The van der Waals surface area contributed by atoms with Crippen LogP contribution in [0.5, 0.6) is 0 Å². The van der Waals surface area contributed by atoms with Gasteiger partial charge in [-0.2, -0.15) is 13.2 Å². The quantitative estimate of drug-likeness (QED) is 0.411. The van der Waals surface area contributed by atoms with Gasteiger partial charge in [0.25, 0.3) is 0 Å². The van der Waals surface area contributed by atoms with Crippen LogP contribution in [0.15, 0.2) is 30.3 Å². The molecule has 4 aliphatic rings. The van der Waals surface area contributed by atoms with Gasteiger partial charge in [0.1, 0.15) is 0 Å². The Bertz CT molecular complexity index is 949. The number of hydrogen-bond donors (Lipinski definition) is 2. The summed E-state index contributed by atoms with van der Waals surface area (Å²) in [4.78, 5) is 0. The van der Waals surface area contributed by atoms with Crippen LogP contribution in [-0.2, 0) is 0 Å². The summed E-state index contributed by atoms with van der Waals surface area (Å²) in [6.07, 6.45) is 2.43. The number of benzene rings is 1. The highest BCUT2D eigenvalue weighted by Crippen LogP contribution is 2.69. The number of aliphatic hydroxyl groups excluding tert-OH is 1. The number of rotatable bonds is 5. The van der Waals surface area contributed by atoms with Crippen LogP contribution in [-0.4, -0.2) is 28.1 Å². The Morgan fingerprint density at radius 1 is 0.892 bits per heavy atom. The molecular formula is C32H47F3O2. The van der Waals surface area contributed by atoms with E-state index in [0.29, 0.717) is 36.0 Å². The maximum Gasteiger partial charge on any atom is 0.417 e. The topological polar surface area (TPSA) is 40.5 Å². The second kappa shape index (κ2) is 9.54. The molecule has 0 spiro atoms. The predicted molar refractivity (Wildman–Crippen MR) is 141 cm³/mol. The number of aliphatic hydroxyl groups is 2. The van der Waals surface area contributed by atoms with Crippen molar-refractivity contribution in [3.8, 4) is 0 Å². The smallest absolute Gasteiger partial charge is 0.393 e. The SMILES string of the molecule is C[C@@H]([C@H]1CC[C@H]2[C@@H]3CC[C@H]4C[C@](O)(C(F)(F)F)CC[C@]4(C)[C@H]3CC[C@]12C)[C@@H](O)C[C@@H](C)c1ccccc1. The number of halogens is 3. The molecule has 0 radical (unpaired) electrons. The van der Waals surface area contributed by atoms with Gasteiger partial charge in [0.2, 0.25) is 0 Å². The molecule has 0 bridgehead atoms. The van der Waals surface area contributed by atoms with Crippen LogP contribution in [0, 0.1) is 46.3 Å². The lowest BCUT2D eigenvalue weighted by molar-refractivity contribution is -0.290. The molecule has 4 aliphatic carbocycles. The molecule has 5 heteroatoms. The van der Waals surface area contributed by atoms with Crippen molar-refractivity contribution in [3.05, 3.63) is 35.9 Å². The second-order valence-corrected chi connectivity index (χ2v) is 14.1. The summed E-state index contributed by atoms with van der Waals surface area (Å²) in [6.45, 7) is 9.17. The molecule has 208 valence electrons. The minimum Gasteiger partial charge on any atom is -0.393 e. The highest BCUT2D eigenvalue weighted by atomic mass is 19.4. The average molecular weight is 521 g/mol. The Morgan fingerprint density at radius 2 is 1.57 bits per heavy atom. The van der Waals surface area contributed by atoms with Crippen LogP contribution in [0.1, 0.15) is 103 Å². The summed E-state index contributed by atoms with van der Waals surface area (Å²) in [5.41, 5.74) is -1.13. The minimum atomic E-state index is -4.54. The Balaban J connectivity index is 1.28. The van der Waals surface area contributed by atoms with E-state index < -0.39 is 11.8 Å². The largest absolute Gasteiger partial charge is 0.417 e. The minimum absolute atomic E-state index is 0.0455. The van der Waals surface area contributed by atoms with Crippen molar-refractivity contribution < 1.29 is 23.4 Å². The van der Waals surface area contributed by atoms with Crippen molar-refractivity contribution >= 4 is 0 Å². The maximum absolute atomic E-state index is 13.7. The van der Waals surface area contributed by atoms with E-state index in [0.717, 1.165) is 38.5 Å². The van der Waals surface area contributed by atoms with Gasteiger partial charge < -0.3 is 10.2 Å². The molecule has 4 fully saturated rings. The highest BCUT2D eigenvalue weighted by Gasteiger charge is 2.65. The fourth-order valence-electron chi connectivity index (χ4n) is 10.2. The van der Waals surface area contributed by atoms with Crippen molar-refractivity contribution in [2.45, 2.75) is 116 Å². The summed E-state index contributed by atoms with van der Waals surface area (Å²) in [7, 11) is 0. The van der Waals surface area contributed by atoms with E-state index >= 15 is 0 Å². The summed E-state index contributed by atoms with van der Waals surface area (Å²) < 4.78 is 41.0. The van der Waals surface area contributed by atoms with Gasteiger partial charge in [-0.25, -0.2) is 0 Å². The third-order valence-corrected chi connectivity index (χ3v) is 12.5. The molecule has 4 saturated carbocycles. The van der Waals surface area contributed by atoms with Gasteiger partial charge in [-0.05, 0) is 122 Å². The van der Waals surface area contributed by atoms with Gasteiger partial charge in [0.05, 0.1) is 6.10 Å². The number of fused-ring (bicyclic) bond motifs is 5. The zero-order valence-electron chi connectivity index (χ0n) is 23.1. The summed E-state index contributed by atoms with van der Waals surface area (Å²) in [6, 6.07) is 10.5. The molecule has 0 unspecified atom stereocenters. The van der Waals surface area contributed by atoms with Crippen molar-refractivity contribution in [1.29, 1.82) is 0 Å². The van der Waals surface area contributed by atoms with Gasteiger partial charge in [0.15, 0.2) is 5.60 Å². The Kier molecular flexibility index (Phi) is 7.09. The van der Waals surface area contributed by atoms with E-state index in [9.17, 15) is 23.4 Å². The van der Waals surface area contributed by atoms with Crippen molar-refractivity contribution in [2.24, 2.45) is 46.3 Å². The van der Waals surface area contributed by atoms with Gasteiger partial charge in [-0.1, -0.05) is 58.0 Å². The molecule has 5 rings (SSSR count). The Labute approximate surface area is 221 Å². The molecular weight excluding hydrogens is 473 g/mol. The normalized spacial score (nSPS) is 44.3. The monoisotopic (exact) mass is 520 g/mol. The molecule has 2 N–H and O–H groups in total. The Hall–Kier alpha value is -1.07. The van der Waals surface area contributed by atoms with E-state index in [2.05, 4.69) is 52.0 Å². The maximum atomic E-state index is 13.7. The first-order valence-electron chi connectivity index (χ1n) is 14.8. The van der Waals surface area contributed by atoms with Crippen LogP contribution in [0.25, 0.3) is 0 Å². The first kappa shape index (κ1) is 27.5. The van der Waals surface area contributed by atoms with E-state index in [1.807, 2.05) is 6.07 Å². The summed E-state index contributed by atoms with van der Waals surface area (Å²) >= 11 is 0. The van der Waals surface area contributed by atoms with Gasteiger partial charge in [-0.3, -0.25) is 0 Å². The van der Waals surface area contributed by atoms with E-state index in [1.54, 1.807) is 0 Å². The first-order chi connectivity index (χ1) is 17.3. The fraction of sp³-hybridized carbons (Fsp3) is 0.812. The summed E-state index contributed by atoms with van der Waals surface area (Å²) in [5.74, 6) is 2.62. The molecule has 1 aromatic rings. The number of hydrogen-bond acceptors (Lipinski definition) is 2. The molecule has 37 heavy (non-hydrogen) atoms. The second-order valence-electron chi connectivity index (χ2n) is 14.1. The van der Waals surface area contributed by atoms with Crippen LogP contribution in [0.4, 0.5) is 13.2 Å². The first-order valence-corrected chi connectivity index (χ1v) is 14.8. The molecule has 2 nitrogen and oxygen atoms in total. The fourth-order valence-corrected chi connectivity index (χ4v) is 10.2. The van der Waals surface area contributed by atoms with E-state index in [1.165, 1.54) is 12.0 Å². The lowest BCUT2D eigenvalue weighted by atomic mass is 9.43.